The third-order valence-electron chi connectivity index (χ3n) is 3.81. The molecule has 3 N–H and O–H groups in total. The van der Waals surface area contributed by atoms with Gasteiger partial charge in [0.15, 0.2) is 0 Å². The Morgan fingerprint density at radius 1 is 1.48 bits per heavy atom. The number of nitrogens with two attached hydrogens (primary N) is 1. The van der Waals surface area contributed by atoms with E-state index in [1.54, 1.807) is 6.33 Å². The van der Waals surface area contributed by atoms with E-state index >= 15 is 0 Å². The monoisotopic (exact) mass is 293 g/mol. The molecular formula is C15H27N5O. The van der Waals surface area contributed by atoms with Crippen LogP contribution in [0.25, 0.3) is 0 Å². The molecule has 0 aromatic carbocycles. The van der Waals surface area contributed by atoms with Crippen molar-refractivity contribution in [2.75, 3.05) is 30.0 Å². The number of aromatic nitrogens is 2. The smallest absolute Gasteiger partial charge is 0.148 e. The largest absolute Gasteiger partial charge is 0.376 e. The van der Waals surface area contributed by atoms with Crippen molar-refractivity contribution in [3.8, 4) is 0 Å². The van der Waals surface area contributed by atoms with Crippen LogP contribution in [0.1, 0.15) is 51.5 Å². The minimum absolute atomic E-state index is 0.294. The average Bonchev–Trinajstić information content (AvgIpc) is 2.52. The van der Waals surface area contributed by atoms with Gasteiger partial charge in [0.05, 0.1) is 6.10 Å². The summed E-state index contributed by atoms with van der Waals surface area (Å²) in [5, 5.41) is 0. The summed E-state index contributed by atoms with van der Waals surface area (Å²) in [5.41, 5.74) is 3.77. The van der Waals surface area contributed by atoms with E-state index in [9.17, 15) is 0 Å². The van der Waals surface area contributed by atoms with E-state index in [1.807, 2.05) is 0 Å². The number of nitrogen functional groups attached to an aromatic ring is 1. The Kier molecular flexibility index (Phi) is 5.76. The van der Waals surface area contributed by atoms with Crippen molar-refractivity contribution in [2.45, 2.75) is 52.1 Å². The van der Waals surface area contributed by atoms with Crippen LogP contribution < -0.4 is 16.2 Å². The highest BCUT2D eigenvalue weighted by Crippen LogP contribution is 2.32. The Bertz CT molecular complexity index is 452. The molecule has 1 unspecified atom stereocenters. The van der Waals surface area contributed by atoms with Crippen molar-refractivity contribution in [3.63, 3.8) is 0 Å². The van der Waals surface area contributed by atoms with Gasteiger partial charge in [0.25, 0.3) is 0 Å². The molecule has 6 nitrogen and oxygen atoms in total. The van der Waals surface area contributed by atoms with E-state index < -0.39 is 0 Å². The lowest BCUT2D eigenvalue weighted by Gasteiger charge is -2.35. The summed E-state index contributed by atoms with van der Waals surface area (Å²) in [7, 11) is 0. The number of hydrazine groups is 1. The lowest BCUT2D eigenvalue weighted by atomic mass is 10.0. The Labute approximate surface area is 127 Å². The predicted molar refractivity (Wildman–Crippen MR) is 85.4 cm³/mol. The van der Waals surface area contributed by atoms with Gasteiger partial charge in [0, 0.05) is 25.3 Å². The average molecular weight is 293 g/mol. The van der Waals surface area contributed by atoms with Crippen LogP contribution in [0.3, 0.4) is 0 Å². The number of hydrogen-bond acceptors (Lipinski definition) is 6. The Morgan fingerprint density at radius 2 is 2.29 bits per heavy atom. The van der Waals surface area contributed by atoms with Crippen LogP contribution in [-0.2, 0) is 4.74 Å². The second kappa shape index (κ2) is 7.56. The van der Waals surface area contributed by atoms with Crippen LogP contribution in [0.5, 0.6) is 0 Å². The fourth-order valence-corrected chi connectivity index (χ4v) is 2.84. The van der Waals surface area contributed by atoms with Gasteiger partial charge in [0.1, 0.15) is 18.0 Å². The van der Waals surface area contributed by atoms with Gasteiger partial charge in [-0.1, -0.05) is 20.8 Å². The molecule has 2 rings (SSSR count). The number of hydrogen-bond donors (Lipinski definition) is 2. The quantitative estimate of drug-likeness (QED) is 0.619. The topological polar surface area (TPSA) is 76.3 Å². The minimum Gasteiger partial charge on any atom is -0.376 e. The molecule has 1 saturated heterocycles. The van der Waals surface area contributed by atoms with Crippen LogP contribution in [0, 0.1) is 0 Å². The first kappa shape index (κ1) is 16.0. The normalized spacial score (nSPS) is 19.1. The Hall–Kier alpha value is -1.40. The Morgan fingerprint density at radius 3 is 2.95 bits per heavy atom. The van der Waals surface area contributed by atoms with Gasteiger partial charge in [-0.15, -0.1) is 0 Å². The van der Waals surface area contributed by atoms with E-state index in [-0.39, 0.29) is 0 Å². The Balaban J connectivity index is 2.20. The van der Waals surface area contributed by atoms with Crippen molar-refractivity contribution in [2.24, 2.45) is 5.84 Å². The molecule has 0 amide bonds. The predicted octanol–water partition coefficient (Wildman–Crippen LogP) is 2.28. The first-order chi connectivity index (χ1) is 10.2. The number of nitrogens with one attached hydrogen (secondary N) is 1. The van der Waals surface area contributed by atoms with Gasteiger partial charge in [-0.25, -0.2) is 15.8 Å². The lowest BCUT2D eigenvalue weighted by molar-refractivity contribution is 0.0439. The van der Waals surface area contributed by atoms with Gasteiger partial charge in [-0.3, -0.25) is 0 Å². The molecule has 1 aromatic rings. The number of nitrogens with zero attached hydrogens (tertiary/aromatic N) is 3. The molecule has 0 bridgehead atoms. The summed E-state index contributed by atoms with van der Waals surface area (Å²) in [6.45, 7) is 9.14. The van der Waals surface area contributed by atoms with Crippen molar-refractivity contribution < 1.29 is 4.74 Å². The molecule has 1 fully saturated rings. The zero-order chi connectivity index (χ0) is 15.2. The number of anilines is 2. The van der Waals surface area contributed by atoms with E-state index in [2.05, 4.69) is 41.1 Å². The highest BCUT2D eigenvalue weighted by atomic mass is 16.5. The zero-order valence-electron chi connectivity index (χ0n) is 13.3. The van der Waals surface area contributed by atoms with Crippen LogP contribution in [0.15, 0.2) is 6.33 Å². The van der Waals surface area contributed by atoms with E-state index in [0.29, 0.717) is 17.8 Å². The molecule has 0 saturated carbocycles. The molecule has 6 heteroatoms. The molecule has 1 aromatic heterocycles. The number of rotatable bonds is 6. The summed E-state index contributed by atoms with van der Waals surface area (Å²) in [4.78, 5) is 11.1. The highest BCUT2D eigenvalue weighted by Gasteiger charge is 2.25. The van der Waals surface area contributed by atoms with E-state index in [0.717, 1.165) is 50.3 Å². The molecule has 0 aliphatic carbocycles. The van der Waals surface area contributed by atoms with Gasteiger partial charge < -0.3 is 15.1 Å². The molecule has 118 valence electrons. The standard InChI is InChI=1S/C15H27N5O/c1-4-8-21-12-6-5-7-20(9-12)15-13(11(2)3)14(19-16)17-10-18-15/h10-12H,4-9,16H2,1-3H3,(H,17,18,19). The van der Waals surface area contributed by atoms with Crippen LogP contribution in [0.2, 0.25) is 0 Å². The minimum atomic E-state index is 0.294. The lowest BCUT2D eigenvalue weighted by Crippen LogP contribution is -2.41. The highest BCUT2D eigenvalue weighted by molar-refractivity contribution is 5.60. The maximum absolute atomic E-state index is 5.92. The van der Waals surface area contributed by atoms with Crippen molar-refractivity contribution in [1.29, 1.82) is 0 Å². The fraction of sp³-hybridized carbons (Fsp3) is 0.733. The maximum atomic E-state index is 5.92. The van der Waals surface area contributed by atoms with Crippen molar-refractivity contribution in [1.82, 2.24) is 9.97 Å². The third-order valence-corrected chi connectivity index (χ3v) is 3.81. The summed E-state index contributed by atoms with van der Waals surface area (Å²) in [6, 6.07) is 0. The molecular weight excluding hydrogens is 266 g/mol. The zero-order valence-corrected chi connectivity index (χ0v) is 13.3. The van der Waals surface area contributed by atoms with Crippen LogP contribution in [0.4, 0.5) is 11.6 Å². The van der Waals surface area contributed by atoms with Gasteiger partial charge in [-0.05, 0) is 25.2 Å². The summed E-state index contributed by atoms with van der Waals surface area (Å²) >= 11 is 0. The first-order valence-electron chi connectivity index (χ1n) is 7.85. The maximum Gasteiger partial charge on any atom is 0.148 e. The summed E-state index contributed by atoms with van der Waals surface area (Å²) in [5.74, 6) is 7.60. The van der Waals surface area contributed by atoms with Gasteiger partial charge in [0.2, 0.25) is 0 Å². The first-order valence-corrected chi connectivity index (χ1v) is 7.85. The second-order valence-corrected chi connectivity index (χ2v) is 5.84. The summed E-state index contributed by atoms with van der Waals surface area (Å²) in [6.07, 6.45) is 5.18. The molecule has 1 atom stereocenters. The molecule has 1 aliphatic heterocycles. The van der Waals surface area contributed by atoms with Gasteiger partial charge >= 0.3 is 0 Å². The molecule has 21 heavy (non-hydrogen) atoms. The van der Waals surface area contributed by atoms with Crippen molar-refractivity contribution in [3.05, 3.63) is 11.9 Å². The van der Waals surface area contributed by atoms with Crippen LogP contribution >= 0.6 is 0 Å². The molecule has 0 spiro atoms. The SMILES string of the molecule is CCCOC1CCCN(c2ncnc(NN)c2C(C)C)C1. The third kappa shape index (κ3) is 3.83. The number of ether oxygens (including phenoxy) is 1. The molecule has 1 aliphatic rings. The fourth-order valence-electron chi connectivity index (χ4n) is 2.84. The van der Waals surface area contributed by atoms with Crippen molar-refractivity contribution >= 4 is 11.6 Å². The second-order valence-electron chi connectivity index (χ2n) is 5.84. The van der Waals surface area contributed by atoms with E-state index in [1.165, 1.54) is 0 Å². The van der Waals surface area contributed by atoms with Crippen LogP contribution in [-0.4, -0.2) is 35.8 Å². The van der Waals surface area contributed by atoms with Gasteiger partial charge in [-0.2, -0.15) is 0 Å². The van der Waals surface area contributed by atoms with E-state index in [4.69, 9.17) is 10.6 Å². The molecule has 0 radical (unpaired) electrons. The summed E-state index contributed by atoms with van der Waals surface area (Å²) < 4.78 is 5.92. The number of piperidine rings is 1. The molecule has 2 heterocycles.